The Morgan fingerprint density at radius 2 is 1.73 bits per heavy atom. The molecule has 4 rings (SSSR count). The molecule has 0 aliphatic rings. The monoisotopic (exact) mass is 554 g/mol. The molecule has 0 saturated heterocycles. The third-order valence-electron chi connectivity index (χ3n) is 6.80. The Hall–Kier alpha value is -4.79. The zero-order valence-corrected chi connectivity index (χ0v) is 23.7. The summed E-state index contributed by atoms with van der Waals surface area (Å²) in [7, 11) is 0. The van der Waals surface area contributed by atoms with Gasteiger partial charge in [-0.3, -0.25) is 24.3 Å². The molecule has 0 aliphatic carbocycles. The van der Waals surface area contributed by atoms with Crippen molar-refractivity contribution in [3.05, 3.63) is 111 Å². The second kappa shape index (κ2) is 13.0. The fourth-order valence-corrected chi connectivity index (χ4v) is 4.54. The van der Waals surface area contributed by atoms with Gasteiger partial charge in [0.1, 0.15) is 11.6 Å². The minimum atomic E-state index is -0.549. The minimum absolute atomic E-state index is 0.0182. The lowest BCUT2D eigenvalue weighted by Gasteiger charge is -2.30. The van der Waals surface area contributed by atoms with Crippen LogP contribution in [0.3, 0.4) is 0 Å². The highest BCUT2D eigenvalue weighted by atomic mass is 16.6. The van der Waals surface area contributed by atoms with Gasteiger partial charge >= 0.3 is 0 Å². The fourth-order valence-electron chi connectivity index (χ4n) is 4.54. The zero-order valence-electron chi connectivity index (χ0n) is 23.7. The van der Waals surface area contributed by atoms with Gasteiger partial charge in [0, 0.05) is 24.8 Å². The predicted molar refractivity (Wildman–Crippen MR) is 160 cm³/mol. The molecule has 212 valence electrons. The van der Waals surface area contributed by atoms with Crippen molar-refractivity contribution >= 4 is 28.6 Å². The standard InChI is InChI=1S/C32H34N4O5/c1-5-41-27-17-15-25(16-18-27)35-31(33-29-9-7-6-8-28(29)32(35)38)23(4)34(21-20-22(2)3)30(37)19-12-24-10-13-26(14-11-24)36(39)40/h6-19,22-23H,5,20-21H2,1-4H3/b19-12+. The van der Waals surface area contributed by atoms with Crippen molar-refractivity contribution in [2.45, 2.75) is 40.2 Å². The highest BCUT2D eigenvalue weighted by molar-refractivity contribution is 5.92. The van der Waals surface area contributed by atoms with Gasteiger partial charge in [0.05, 0.1) is 34.2 Å². The number of fused-ring (bicyclic) bond motifs is 1. The van der Waals surface area contributed by atoms with Crippen LogP contribution in [0, 0.1) is 16.0 Å². The topological polar surface area (TPSA) is 108 Å². The quantitative estimate of drug-likeness (QED) is 0.122. The molecule has 1 unspecified atom stereocenters. The number of para-hydroxylation sites is 1. The Morgan fingerprint density at radius 3 is 2.37 bits per heavy atom. The number of nitrogens with zero attached hydrogens (tertiary/aromatic N) is 4. The van der Waals surface area contributed by atoms with Crippen LogP contribution in [0.5, 0.6) is 5.75 Å². The molecule has 0 spiro atoms. The molecule has 1 aromatic heterocycles. The van der Waals surface area contributed by atoms with E-state index in [-0.39, 0.29) is 17.2 Å². The van der Waals surface area contributed by atoms with Crippen molar-refractivity contribution in [1.29, 1.82) is 0 Å². The van der Waals surface area contributed by atoms with E-state index in [4.69, 9.17) is 9.72 Å². The Labute approximate surface area is 238 Å². The molecular weight excluding hydrogens is 520 g/mol. The van der Waals surface area contributed by atoms with Gasteiger partial charge in [-0.2, -0.15) is 0 Å². The van der Waals surface area contributed by atoms with Gasteiger partial charge in [-0.25, -0.2) is 4.98 Å². The Morgan fingerprint density at radius 1 is 1.05 bits per heavy atom. The molecule has 0 bridgehead atoms. The number of aromatic nitrogens is 2. The molecule has 0 saturated carbocycles. The summed E-state index contributed by atoms with van der Waals surface area (Å²) < 4.78 is 7.15. The van der Waals surface area contributed by atoms with Crippen LogP contribution in [-0.2, 0) is 4.79 Å². The molecule has 0 N–H and O–H groups in total. The van der Waals surface area contributed by atoms with Crippen LogP contribution < -0.4 is 10.3 Å². The summed E-state index contributed by atoms with van der Waals surface area (Å²) in [5, 5.41) is 11.5. The number of carbonyl (C=O) groups is 1. The molecule has 9 nitrogen and oxygen atoms in total. The number of rotatable bonds is 11. The molecule has 1 heterocycles. The van der Waals surface area contributed by atoms with Crippen molar-refractivity contribution in [2.24, 2.45) is 5.92 Å². The van der Waals surface area contributed by atoms with Crippen LogP contribution >= 0.6 is 0 Å². The Balaban J connectivity index is 1.77. The van der Waals surface area contributed by atoms with Crippen molar-refractivity contribution in [3.63, 3.8) is 0 Å². The number of nitro groups is 1. The zero-order chi connectivity index (χ0) is 29.5. The first-order chi connectivity index (χ1) is 19.7. The summed E-state index contributed by atoms with van der Waals surface area (Å²) in [6, 6.07) is 19.9. The van der Waals surface area contributed by atoms with E-state index in [0.29, 0.717) is 52.8 Å². The van der Waals surface area contributed by atoms with E-state index >= 15 is 0 Å². The highest BCUT2D eigenvalue weighted by Crippen LogP contribution is 2.25. The number of amides is 1. The lowest BCUT2D eigenvalue weighted by molar-refractivity contribution is -0.384. The van der Waals surface area contributed by atoms with E-state index in [1.165, 1.54) is 18.2 Å². The lowest BCUT2D eigenvalue weighted by Crippen LogP contribution is -2.37. The van der Waals surface area contributed by atoms with Gasteiger partial charge in [-0.1, -0.05) is 26.0 Å². The number of hydrogen-bond donors (Lipinski definition) is 0. The summed E-state index contributed by atoms with van der Waals surface area (Å²) in [6.45, 7) is 8.94. The first-order valence-corrected chi connectivity index (χ1v) is 13.7. The van der Waals surface area contributed by atoms with Crippen LogP contribution in [0.25, 0.3) is 22.7 Å². The summed E-state index contributed by atoms with van der Waals surface area (Å²) in [5.41, 5.74) is 1.60. The van der Waals surface area contributed by atoms with Gasteiger partial charge in [-0.15, -0.1) is 0 Å². The minimum Gasteiger partial charge on any atom is -0.494 e. The molecule has 1 amide bonds. The van der Waals surface area contributed by atoms with E-state index < -0.39 is 11.0 Å². The maximum absolute atomic E-state index is 13.8. The Kier molecular flexibility index (Phi) is 9.29. The van der Waals surface area contributed by atoms with E-state index in [0.717, 1.165) is 6.42 Å². The number of carbonyl (C=O) groups excluding carboxylic acids is 1. The maximum Gasteiger partial charge on any atom is 0.269 e. The van der Waals surface area contributed by atoms with Crippen molar-refractivity contribution in [2.75, 3.05) is 13.2 Å². The summed E-state index contributed by atoms with van der Waals surface area (Å²) in [4.78, 5) is 44.6. The van der Waals surface area contributed by atoms with E-state index in [1.807, 2.05) is 44.2 Å². The number of ether oxygens (including phenoxy) is 1. The molecular formula is C32H34N4O5. The fraction of sp³-hybridized carbons (Fsp3) is 0.281. The summed E-state index contributed by atoms with van der Waals surface area (Å²) in [5.74, 6) is 1.22. The maximum atomic E-state index is 13.8. The van der Waals surface area contributed by atoms with E-state index in [9.17, 15) is 19.7 Å². The number of benzene rings is 3. The largest absolute Gasteiger partial charge is 0.494 e. The molecule has 4 aromatic rings. The van der Waals surface area contributed by atoms with Gasteiger partial charge in [0.2, 0.25) is 5.91 Å². The smallest absolute Gasteiger partial charge is 0.269 e. The van der Waals surface area contributed by atoms with E-state index in [1.54, 1.807) is 45.9 Å². The summed E-state index contributed by atoms with van der Waals surface area (Å²) in [6.07, 6.45) is 3.84. The average molecular weight is 555 g/mol. The first-order valence-electron chi connectivity index (χ1n) is 13.7. The van der Waals surface area contributed by atoms with Crippen molar-refractivity contribution in [3.8, 4) is 11.4 Å². The Bertz CT molecular complexity index is 1610. The highest BCUT2D eigenvalue weighted by Gasteiger charge is 2.26. The van der Waals surface area contributed by atoms with Gasteiger partial charge < -0.3 is 9.64 Å². The van der Waals surface area contributed by atoms with Crippen molar-refractivity contribution < 1.29 is 14.5 Å². The van der Waals surface area contributed by atoms with Gasteiger partial charge in [0.15, 0.2) is 0 Å². The van der Waals surface area contributed by atoms with Crippen LogP contribution in [0.1, 0.15) is 51.5 Å². The normalized spacial score (nSPS) is 12.1. The van der Waals surface area contributed by atoms with Crippen molar-refractivity contribution in [1.82, 2.24) is 14.5 Å². The SMILES string of the molecule is CCOc1ccc(-n2c(C(C)N(CCC(C)C)C(=O)/C=C/c3ccc([N+](=O)[O-])cc3)nc3ccccc3c2=O)cc1. The number of hydrogen-bond acceptors (Lipinski definition) is 6. The van der Waals surface area contributed by atoms with Crippen LogP contribution in [0.2, 0.25) is 0 Å². The van der Waals surface area contributed by atoms with Crippen LogP contribution in [-0.4, -0.2) is 38.4 Å². The molecule has 0 radical (unpaired) electrons. The second-order valence-corrected chi connectivity index (χ2v) is 10.1. The molecule has 0 aliphatic heterocycles. The number of non-ortho nitro benzene ring substituents is 1. The first kappa shape index (κ1) is 29.2. The third kappa shape index (κ3) is 6.87. The molecule has 41 heavy (non-hydrogen) atoms. The predicted octanol–water partition coefficient (Wildman–Crippen LogP) is 6.34. The number of nitro benzene ring substituents is 1. The lowest BCUT2D eigenvalue weighted by atomic mass is 10.1. The molecule has 0 fully saturated rings. The molecule has 1 atom stereocenters. The second-order valence-electron chi connectivity index (χ2n) is 10.1. The molecule has 9 heteroatoms. The van der Waals surface area contributed by atoms with Crippen LogP contribution in [0.15, 0.2) is 83.7 Å². The van der Waals surface area contributed by atoms with Gasteiger partial charge in [-0.05, 0) is 86.4 Å². The molecule has 3 aromatic carbocycles. The van der Waals surface area contributed by atoms with Gasteiger partial charge in [0.25, 0.3) is 11.2 Å². The average Bonchev–Trinajstić information content (AvgIpc) is 2.97. The third-order valence-corrected chi connectivity index (χ3v) is 6.80. The van der Waals surface area contributed by atoms with E-state index in [2.05, 4.69) is 13.8 Å². The van der Waals surface area contributed by atoms with Crippen LogP contribution in [0.4, 0.5) is 5.69 Å². The summed E-state index contributed by atoms with van der Waals surface area (Å²) >= 11 is 0.